The number of carbonyl (C=O) groups excluding carboxylic acids is 2. The van der Waals surface area contributed by atoms with Gasteiger partial charge in [0, 0.05) is 6.54 Å². The zero-order valence-electron chi connectivity index (χ0n) is 10.5. The molecule has 0 radical (unpaired) electrons. The Morgan fingerprint density at radius 1 is 1.39 bits per heavy atom. The van der Waals surface area contributed by atoms with E-state index in [4.69, 9.17) is 10.5 Å². The second-order valence-corrected chi connectivity index (χ2v) is 5.05. The lowest BCUT2D eigenvalue weighted by Gasteiger charge is -2.17. The second-order valence-electron chi connectivity index (χ2n) is 5.05. The van der Waals surface area contributed by atoms with Crippen molar-refractivity contribution in [2.45, 2.75) is 25.3 Å². The fourth-order valence-electron chi connectivity index (χ4n) is 3.00. The highest BCUT2D eigenvalue weighted by molar-refractivity contribution is 5.82. The molecule has 1 aliphatic carbocycles. The lowest BCUT2D eigenvalue weighted by atomic mass is 9.94. The van der Waals surface area contributed by atoms with E-state index in [0.717, 1.165) is 13.0 Å². The van der Waals surface area contributed by atoms with Crippen LogP contribution in [0, 0.1) is 11.8 Å². The van der Waals surface area contributed by atoms with Gasteiger partial charge < -0.3 is 21.1 Å². The van der Waals surface area contributed by atoms with Gasteiger partial charge in [0.05, 0.1) is 12.6 Å². The van der Waals surface area contributed by atoms with Crippen LogP contribution in [0.5, 0.6) is 0 Å². The van der Waals surface area contributed by atoms with E-state index < -0.39 is 5.91 Å². The van der Waals surface area contributed by atoms with Crippen LogP contribution < -0.4 is 16.4 Å². The smallest absolute Gasteiger partial charge is 0.243 e. The van der Waals surface area contributed by atoms with Crippen LogP contribution in [0.2, 0.25) is 0 Å². The molecule has 3 atom stereocenters. The van der Waals surface area contributed by atoms with Crippen molar-refractivity contribution in [1.29, 1.82) is 0 Å². The topological polar surface area (TPSA) is 93.5 Å². The Bertz CT molecular complexity index is 322. The molecule has 1 saturated heterocycles. The highest BCUT2D eigenvalue weighted by Crippen LogP contribution is 2.37. The van der Waals surface area contributed by atoms with E-state index in [1.165, 1.54) is 12.8 Å². The average molecular weight is 255 g/mol. The SMILES string of the molecule is NC(=O)COCCNC(=O)C1NCC2CCCC21. The van der Waals surface area contributed by atoms with Crippen molar-refractivity contribution >= 4 is 11.8 Å². The van der Waals surface area contributed by atoms with E-state index in [1.54, 1.807) is 0 Å². The molecule has 102 valence electrons. The van der Waals surface area contributed by atoms with Gasteiger partial charge in [-0.25, -0.2) is 0 Å². The van der Waals surface area contributed by atoms with E-state index in [9.17, 15) is 9.59 Å². The minimum atomic E-state index is -0.493. The summed E-state index contributed by atoms with van der Waals surface area (Å²) >= 11 is 0. The van der Waals surface area contributed by atoms with Crippen LogP contribution in [-0.4, -0.2) is 44.2 Å². The van der Waals surface area contributed by atoms with Crippen molar-refractivity contribution in [3.63, 3.8) is 0 Å². The summed E-state index contributed by atoms with van der Waals surface area (Å²) in [5.41, 5.74) is 4.93. The number of fused-ring (bicyclic) bond motifs is 1. The van der Waals surface area contributed by atoms with Gasteiger partial charge >= 0.3 is 0 Å². The highest BCUT2D eigenvalue weighted by Gasteiger charge is 2.42. The van der Waals surface area contributed by atoms with Gasteiger partial charge in [-0.05, 0) is 31.2 Å². The van der Waals surface area contributed by atoms with Crippen molar-refractivity contribution in [3.8, 4) is 0 Å². The van der Waals surface area contributed by atoms with E-state index >= 15 is 0 Å². The Kier molecular flexibility index (Phi) is 4.54. The van der Waals surface area contributed by atoms with Crippen LogP contribution in [0.25, 0.3) is 0 Å². The van der Waals surface area contributed by atoms with Crippen LogP contribution in [-0.2, 0) is 14.3 Å². The number of carbonyl (C=O) groups is 2. The summed E-state index contributed by atoms with van der Waals surface area (Å²) in [4.78, 5) is 22.4. The zero-order valence-corrected chi connectivity index (χ0v) is 10.5. The first-order valence-corrected chi connectivity index (χ1v) is 6.55. The summed E-state index contributed by atoms with van der Waals surface area (Å²) < 4.78 is 4.99. The van der Waals surface area contributed by atoms with Crippen LogP contribution in [0.1, 0.15) is 19.3 Å². The molecule has 18 heavy (non-hydrogen) atoms. The number of hydrogen-bond donors (Lipinski definition) is 3. The molecule has 1 heterocycles. The molecule has 6 heteroatoms. The monoisotopic (exact) mass is 255 g/mol. The van der Waals surface area contributed by atoms with Gasteiger partial charge in [-0.2, -0.15) is 0 Å². The van der Waals surface area contributed by atoms with Gasteiger partial charge in [-0.15, -0.1) is 0 Å². The Balaban J connectivity index is 1.64. The zero-order chi connectivity index (χ0) is 13.0. The molecule has 2 aliphatic rings. The lowest BCUT2D eigenvalue weighted by molar-refractivity contribution is -0.124. The van der Waals surface area contributed by atoms with Crippen molar-refractivity contribution in [2.75, 3.05) is 26.3 Å². The van der Waals surface area contributed by atoms with Crippen LogP contribution in [0.15, 0.2) is 0 Å². The predicted octanol–water partition coefficient (Wildman–Crippen LogP) is -1.01. The summed E-state index contributed by atoms with van der Waals surface area (Å²) in [6, 6.07) is -0.0476. The van der Waals surface area contributed by atoms with Crippen molar-refractivity contribution in [3.05, 3.63) is 0 Å². The van der Waals surface area contributed by atoms with Gasteiger partial charge in [0.15, 0.2) is 0 Å². The van der Waals surface area contributed by atoms with Crippen molar-refractivity contribution in [2.24, 2.45) is 17.6 Å². The van der Waals surface area contributed by atoms with Gasteiger partial charge in [0.2, 0.25) is 11.8 Å². The molecule has 2 rings (SSSR count). The minimum Gasteiger partial charge on any atom is -0.370 e. The molecule has 0 aromatic carbocycles. The lowest BCUT2D eigenvalue weighted by Crippen LogP contribution is -2.44. The molecule has 1 aliphatic heterocycles. The predicted molar refractivity (Wildman–Crippen MR) is 65.6 cm³/mol. The first-order chi connectivity index (χ1) is 8.68. The maximum atomic E-state index is 12.0. The number of hydrogen-bond acceptors (Lipinski definition) is 4. The van der Waals surface area contributed by atoms with Gasteiger partial charge in [-0.1, -0.05) is 6.42 Å². The first-order valence-electron chi connectivity index (χ1n) is 6.55. The molecule has 0 aromatic heterocycles. The first kappa shape index (κ1) is 13.3. The summed E-state index contributed by atoms with van der Waals surface area (Å²) in [6.07, 6.45) is 3.62. The Labute approximate surface area is 107 Å². The number of ether oxygens (including phenoxy) is 1. The maximum absolute atomic E-state index is 12.0. The molecule has 0 aromatic rings. The molecule has 0 bridgehead atoms. The normalized spacial score (nSPS) is 30.1. The summed E-state index contributed by atoms with van der Waals surface area (Å²) in [5.74, 6) is 0.725. The molecule has 1 saturated carbocycles. The molecule has 4 N–H and O–H groups in total. The van der Waals surface area contributed by atoms with E-state index in [1.807, 2.05) is 0 Å². The third kappa shape index (κ3) is 3.20. The molecule has 6 nitrogen and oxygen atoms in total. The number of rotatable bonds is 6. The van der Waals surface area contributed by atoms with E-state index in [0.29, 0.717) is 25.0 Å². The van der Waals surface area contributed by atoms with Crippen molar-refractivity contribution in [1.82, 2.24) is 10.6 Å². The summed E-state index contributed by atoms with van der Waals surface area (Å²) in [6.45, 7) is 1.60. The maximum Gasteiger partial charge on any atom is 0.243 e. The fourth-order valence-corrected chi connectivity index (χ4v) is 3.00. The second kappa shape index (κ2) is 6.15. The molecular weight excluding hydrogens is 234 g/mol. The van der Waals surface area contributed by atoms with E-state index in [-0.39, 0.29) is 18.6 Å². The highest BCUT2D eigenvalue weighted by atomic mass is 16.5. The molecule has 0 spiro atoms. The molecule has 2 amide bonds. The summed E-state index contributed by atoms with van der Waals surface area (Å²) in [5, 5.41) is 6.12. The Hall–Kier alpha value is -1.14. The molecule has 2 fully saturated rings. The molecule has 3 unspecified atom stereocenters. The number of nitrogens with one attached hydrogen (secondary N) is 2. The fraction of sp³-hybridized carbons (Fsp3) is 0.833. The molecular formula is C12H21N3O3. The standard InChI is InChI=1S/C12H21N3O3/c13-10(16)7-18-5-4-14-12(17)11-9-3-1-2-8(9)6-15-11/h8-9,11,15H,1-7H2,(H2,13,16)(H,14,17). The number of amides is 2. The average Bonchev–Trinajstić information content (AvgIpc) is 2.89. The van der Waals surface area contributed by atoms with Crippen LogP contribution >= 0.6 is 0 Å². The van der Waals surface area contributed by atoms with Gasteiger partial charge in [0.25, 0.3) is 0 Å². The van der Waals surface area contributed by atoms with E-state index in [2.05, 4.69) is 10.6 Å². The third-order valence-corrected chi connectivity index (χ3v) is 3.82. The van der Waals surface area contributed by atoms with Crippen LogP contribution in [0.4, 0.5) is 0 Å². The Morgan fingerprint density at radius 3 is 3.00 bits per heavy atom. The number of nitrogens with two attached hydrogens (primary N) is 1. The Morgan fingerprint density at radius 2 is 2.22 bits per heavy atom. The van der Waals surface area contributed by atoms with Gasteiger partial charge in [0.1, 0.15) is 6.61 Å². The van der Waals surface area contributed by atoms with Crippen molar-refractivity contribution < 1.29 is 14.3 Å². The largest absolute Gasteiger partial charge is 0.370 e. The minimum absolute atomic E-state index is 0.0476. The van der Waals surface area contributed by atoms with Gasteiger partial charge in [-0.3, -0.25) is 9.59 Å². The number of primary amides is 1. The third-order valence-electron chi connectivity index (χ3n) is 3.82. The quantitative estimate of drug-likeness (QED) is 0.530. The van der Waals surface area contributed by atoms with Crippen LogP contribution in [0.3, 0.4) is 0 Å². The summed E-state index contributed by atoms with van der Waals surface area (Å²) in [7, 11) is 0.